The van der Waals surface area contributed by atoms with Gasteiger partial charge in [-0.1, -0.05) is 61.0 Å². The van der Waals surface area contributed by atoms with E-state index in [1.54, 1.807) is 18.1 Å². The number of rotatable bonds is 8. The molecule has 3 rings (SSSR count). The molecule has 3 aromatic rings. The van der Waals surface area contributed by atoms with Crippen molar-refractivity contribution in [3.8, 4) is 11.1 Å². The number of nitrogens with zero attached hydrogens (tertiary/aromatic N) is 2. The van der Waals surface area contributed by atoms with Crippen molar-refractivity contribution >= 4 is 29.0 Å². The molecule has 1 amide bonds. The fraction of sp³-hybridized carbons (Fsp3) is 0.240. The van der Waals surface area contributed by atoms with Gasteiger partial charge >= 0.3 is 0 Å². The van der Waals surface area contributed by atoms with Gasteiger partial charge in [0.15, 0.2) is 5.78 Å². The highest BCUT2D eigenvalue weighted by Crippen LogP contribution is 2.24. The van der Waals surface area contributed by atoms with Gasteiger partial charge in [-0.2, -0.15) is 0 Å². The van der Waals surface area contributed by atoms with Crippen molar-refractivity contribution in [3.05, 3.63) is 83.1 Å². The fourth-order valence-corrected chi connectivity index (χ4v) is 3.46. The molecule has 0 atom stereocenters. The minimum atomic E-state index is 0.0767. The summed E-state index contributed by atoms with van der Waals surface area (Å²) in [5, 5.41) is 0.450. The number of anilines is 1. The molecule has 0 N–H and O–H groups in total. The highest BCUT2D eigenvalue weighted by molar-refractivity contribution is 6.30. The number of carbonyl (C=O) groups is 2. The topological polar surface area (TPSA) is 50.3 Å². The van der Waals surface area contributed by atoms with Gasteiger partial charge in [0, 0.05) is 37.3 Å². The van der Waals surface area contributed by atoms with Crippen molar-refractivity contribution in [1.29, 1.82) is 0 Å². The Morgan fingerprint density at radius 1 is 0.933 bits per heavy atom. The van der Waals surface area contributed by atoms with Crippen molar-refractivity contribution in [1.82, 2.24) is 4.98 Å². The van der Waals surface area contributed by atoms with Gasteiger partial charge in [0.1, 0.15) is 5.15 Å². The molecule has 30 heavy (non-hydrogen) atoms. The minimum Gasteiger partial charge on any atom is -0.316 e. The zero-order valence-electron chi connectivity index (χ0n) is 17.3. The average Bonchev–Trinajstić information content (AvgIpc) is 2.78. The van der Waals surface area contributed by atoms with Gasteiger partial charge in [-0.15, -0.1) is 0 Å². The van der Waals surface area contributed by atoms with Crippen LogP contribution in [-0.2, 0) is 11.2 Å². The van der Waals surface area contributed by atoms with Crippen molar-refractivity contribution in [2.75, 3.05) is 11.9 Å². The molecule has 0 aliphatic rings. The second-order valence-corrected chi connectivity index (χ2v) is 7.56. The van der Waals surface area contributed by atoms with Crippen molar-refractivity contribution in [2.45, 2.75) is 32.6 Å². The van der Waals surface area contributed by atoms with Crippen molar-refractivity contribution < 1.29 is 9.59 Å². The largest absolute Gasteiger partial charge is 0.316 e. The molecule has 2 aromatic carbocycles. The maximum absolute atomic E-state index is 12.5. The summed E-state index contributed by atoms with van der Waals surface area (Å²) in [5.41, 5.74) is 4.50. The van der Waals surface area contributed by atoms with Gasteiger partial charge < -0.3 is 4.90 Å². The van der Waals surface area contributed by atoms with Crippen LogP contribution in [0.5, 0.6) is 0 Å². The molecule has 0 fully saturated rings. The Labute approximate surface area is 182 Å². The van der Waals surface area contributed by atoms with Crippen LogP contribution in [0.25, 0.3) is 11.1 Å². The summed E-state index contributed by atoms with van der Waals surface area (Å²) in [6.45, 7) is 2.00. The van der Waals surface area contributed by atoms with E-state index in [1.807, 2.05) is 67.6 Å². The minimum absolute atomic E-state index is 0.0767. The predicted octanol–water partition coefficient (Wildman–Crippen LogP) is 5.98. The van der Waals surface area contributed by atoms with E-state index in [-0.39, 0.29) is 11.7 Å². The normalized spacial score (nSPS) is 10.6. The number of pyridine rings is 1. The highest BCUT2D eigenvalue weighted by Gasteiger charge is 2.11. The van der Waals surface area contributed by atoms with E-state index in [0.717, 1.165) is 28.8 Å². The SMILES string of the molecule is CCCC(=O)N(C)c1ccc(-c2ccc(C(=O)CCc3cccnc3Cl)cc2)cc1. The Bertz CT molecular complexity index is 1010. The number of ketones is 1. The van der Waals surface area contributed by atoms with Crippen LogP contribution in [0.4, 0.5) is 5.69 Å². The average molecular weight is 421 g/mol. The molecular formula is C25H25ClN2O2. The number of halogens is 1. The third-order valence-corrected chi connectivity index (χ3v) is 5.43. The Morgan fingerprint density at radius 2 is 1.57 bits per heavy atom. The van der Waals surface area contributed by atoms with E-state index in [1.165, 1.54) is 0 Å². The number of Topliss-reactive ketones (excluding diaryl/α,β-unsaturated/α-hetero) is 1. The lowest BCUT2D eigenvalue weighted by atomic mass is 9.99. The van der Waals surface area contributed by atoms with E-state index in [9.17, 15) is 9.59 Å². The van der Waals surface area contributed by atoms with E-state index in [0.29, 0.717) is 30.0 Å². The second-order valence-electron chi connectivity index (χ2n) is 7.20. The number of aromatic nitrogens is 1. The number of aryl methyl sites for hydroxylation is 1. The Hall–Kier alpha value is -2.98. The van der Waals surface area contributed by atoms with Gasteiger partial charge in [0.05, 0.1) is 0 Å². The maximum Gasteiger partial charge on any atom is 0.226 e. The number of carbonyl (C=O) groups excluding carboxylic acids is 2. The van der Waals surface area contributed by atoms with Crippen LogP contribution in [0, 0.1) is 0 Å². The van der Waals surface area contributed by atoms with E-state index in [2.05, 4.69) is 4.98 Å². The summed E-state index contributed by atoms with van der Waals surface area (Å²) in [6, 6.07) is 19.2. The lowest BCUT2D eigenvalue weighted by Crippen LogP contribution is -2.25. The predicted molar refractivity (Wildman–Crippen MR) is 122 cm³/mol. The Kier molecular flexibility index (Phi) is 7.36. The van der Waals surface area contributed by atoms with Gasteiger partial charge in [-0.3, -0.25) is 9.59 Å². The Morgan fingerprint density at radius 3 is 2.17 bits per heavy atom. The Balaban J connectivity index is 1.64. The summed E-state index contributed by atoms with van der Waals surface area (Å²) in [7, 11) is 1.80. The molecule has 0 bridgehead atoms. The lowest BCUT2D eigenvalue weighted by Gasteiger charge is -2.17. The first kappa shape index (κ1) is 21.7. The second kappa shape index (κ2) is 10.2. The molecule has 154 valence electrons. The highest BCUT2D eigenvalue weighted by atomic mass is 35.5. The summed E-state index contributed by atoms with van der Waals surface area (Å²) in [5.74, 6) is 0.188. The molecule has 1 heterocycles. The molecule has 5 heteroatoms. The molecule has 0 saturated heterocycles. The van der Waals surface area contributed by atoms with Crippen LogP contribution in [0.15, 0.2) is 66.9 Å². The van der Waals surface area contributed by atoms with E-state index < -0.39 is 0 Å². The molecule has 0 unspecified atom stereocenters. The third kappa shape index (κ3) is 5.33. The number of hydrogen-bond donors (Lipinski definition) is 0. The van der Waals surface area contributed by atoms with Crippen LogP contribution >= 0.6 is 11.6 Å². The smallest absolute Gasteiger partial charge is 0.226 e. The molecule has 0 aliphatic carbocycles. The van der Waals surface area contributed by atoms with Crippen LogP contribution in [0.2, 0.25) is 5.15 Å². The third-order valence-electron chi connectivity index (χ3n) is 5.09. The van der Waals surface area contributed by atoms with Crippen LogP contribution in [-0.4, -0.2) is 23.7 Å². The van der Waals surface area contributed by atoms with Gasteiger partial charge in [0.2, 0.25) is 5.91 Å². The summed E-state index contributed by atoms with van der Waals surface area (Å²) >= 11 is 6.06. The van der Waals surface area contributed by atoms with E-state index >= 15 is 0 Å². The van der Waals surface area contributed by atoms with Crippen LogP contribution in [0.3, 0.4) is 0 Å². The van der Waals surface area contributed by atoms with Gasteiger partial charge in [0.25, 0.3) is 0 Å². The molecule has 0 saturated carbocycles. The molecule has 4 nitrogen and oxygen atoms in total. The van der Waals surface area contributed by atoms with Crippen LogP contribution in [0.1, 0.15) is 42.1 Å². The molecule has 0 spiro atoms. The lowest BCUT2D eigenvalue weighted by molar-refractivity contribution is -0.118. The van der Waals surface area contributed by atoms with Gasteiger partial charge in [-0.25, -0.2) is 4.98 Å². The molecule has 0 aliphatic heterocycles. The van der Waals surface area contributed by atoms with Crippen molar-refractivity contribution in [3.63, 3.8) is 0 Å². The molecule has 0 radical (unpaired) electrons. The van der Waals surface area contributed by atoms with Crippen molar-refractivity contribution in [2.24, 2.45) is 0 Å². The number of benzene rings is 2. The maximum atomic E-state index is 12.5. The van der Waals surface area contributed by atoms with Crippen LogP contribution < -0.4 is 4.90 Å². The summed E-state index contributed by atoms with van der Waals surface area (Å²) < 4.78 is 0. The standard InChI is InChI=1S/C25H25ClN2O2/c1-3-5-24(30)28(2)22-14-11-19(12-15-22)18-7-9-20(10-8-18)23(29)16-13-21-6-4-17-27-25(21)26/h4,6-12,14-15,17H,3,5,13,16H2,1-2H3. The fourth-order valence-electron chi connectivity index (χ4n) is 3.25. The first-order chi connectivity index (χ1) is 14.5. The number of hydrogen-bond acceptors (Lipinski definition) is 3. The van der Waals surface area contributed by atoms with Gasteiger partial charge in [-0.05, 0) is 47.7 Å². The first-order valence-corrected chi connectivity index (χ1v) is 10.5. The molecular weight excluding hydrogens is 396 g/mol. The summed E-state index contributed by atoms with van der Waals surface area (Å²) in [6.07, 6.45) is 3.97. The quantitative estimate of drug-likeness (QED) is 0.332. The zero-order chi connectivity index (χ0) is 21.5. The van der Waals surface area contributed by atoms with E-state index in [4.69, 9.17) is 11.6 Å². The summed E-state index contributed by atoms with van der Waals surface area (Å²) in [4.78, 5) is 30.3. The monoisotopic (exact) mass is 420 g/mol. The molecule has 1 aromatic heterocycles. The number of amides is 1. The zero-order valence-corrected chi connectivity index (χ0v) is 18.0. The first-order valence-electron chi connectivity index (χ1n) is 10.1.